The Kier molecular flexibility index (Phi) is 6.47. The van der Waals surface area contributed by atoms with Crippen molar-refractivity contribution in [2.45, 2.75) is 19.0 Å². The van der Waals surface area contributed by atoms with Gasteiger partial charge in [0.1, 0.15) is 11.8 Å². The first-order valence-electron chi connectivity index (χ1n) is 7.71. The number of nitro groups is 1. The second-order valence-corrected chi connectivity index (χ2v) is 5.43. The molecule has 0 aliphatic heterocycles. The van der Waals surface area contributed by atoms with Gasteiger partial charge >= 0.3 is 5.97 Å². The quantitative estimate of drug-likeness (QED) is 0.449. The van der Waals surface area contributed by atoms with Crippen LogP contribution in [0, 0.1) is 10.1 Å². The average Bonchev–Trinajstić information content (AvgIpc) is 2.65. The van der Waals surface area contributed by atoms with Gasteiger partial charge in [-0.05, 0) is 29.7 Å². The molecule has 0 bridgehead atoms. The third-order valence-corrected chi connectivity index (χ3v) is 3.78. The van der Waals surface area contributed by atoms with Crippen molar-refractivity contribution >= 4 is 11.7 Å². The van der Waals surface area contributed by atoms with Crippen LogP contribution >= 0.6 is 0 Å². The monoisotopic (exact) mass is 344 g/mol. The minimum atomic E-state index is -0.548. The lowest BCUT2D eigenvalue weighted by Gasteiger charge is -2.17. The van der Waals surface area contributed by atoms with E-state index in [9.17, 15) is 14.9 Å². The largest absolute Gasteiger partial charge is 0.497 e. The highest BCUT2D eigenvalue weighted by Gasteiger charge is 2.19. The Morgan fingerprint density at radius 3 is 2.20 bits per heavy atom. The summed E-state index contributed by atoms with van der Waals surface area (Å²) in [5.74, 6) is 0.381. The summed E-state index contributed by atoms with van der Waals surface area (Å²) < 4.78 is 9.96. The summed E-state index contributed by atoms with van der Waals surface area (Å²) >= 11 is 0. The fourth-order valence-electron chi connectivity index (χ4n) is 2.35. The third-order valence-electron chi connectivity index (χ3n) is 3.78. The maximum absolute atomic E-state index is 12.0. The van der Waals surface area contributed by atoms with Gasteiger partial charge in [-0.2, -0.15) is 0 Å². The number of hydrogen-bond donors (Lipinski definition) is 1. The van der Waals surface area contributed by atoms with E-state index in [1.54, 1.807) is 19.2 Å². The second kappa shape index (κ2) is 8.79. The molecule has 25 heavy (non-hydrogen) atoms. The number of methoxy groups -OCH3 is 2. The van der Waals surface area contributed by atoms with Crippen LogP contribution in [-0.2, 0) is 22.5 Å². The number of nitro benzene ring substituents is 1. The third kappa shape index (κ3) is 5.29. The highest BCUT2D eigenvalue weighted by molar-refractivity contribution is 5.76. The molecule has 2 rings (SSSR count). The van der Waals surface area contributed by atoms with Crippen LogP contribution < -0.4 is 10.1 Å². The minimum Gasteiger partial charge on any atom is -0.497 e. The summed E-state index contributed by atoms with van der Waals surface area (Å²) in [6, 6.07) is 13.1. The molecule has 1 atom stereocenters. The smallest absolute Gasteiger partial charge is 0.323 e. The molecule has 132 valence electrons. The van der Waals surface area contributed by atoms with E-state index in [1.807, 2.05) is 24.3 Å². The van der Waals surface area contributed by atoms with E-state index >= 15 is 0 Å². The van der Waals surface area contributed by atoms with Crippen LogP contribution in [0.4, 0.5) is 5.69 Å². The van der Waals surface area contributed by atoms with Gasteiger partial charge in [0.25, 0.3) is 5.69 Å². The second-order valence-electron chi connectivity index (χ2n) is 5.43. The molecule has 0 fully saturated rings. The van der Waals surface area contributed by atoms with Crippen molar-refractivity contribution in [2.75, 3.05) is 14.2 Å². The van der Waals surface area contributed by atoms with Crippen molar-refractivity contribution < 1.29 is 19.2 Å². The number of esters is 1. The van der Waals surface area contributed by atoms with Crippen LogP contribution in [0.3, 0.4) is 0 Å². The zero-order chi connectivity index (χ0) is 18.2. The number of carbonyl (C=O) groups is 1. The van der Waals surface area contributed by atoms with Crippen LogP contribution in [0.25, 0.3) is 0 Å². The Balaban J connectivity index is 2.02. The molecule has 0 heterocycles. The van der Waals surface area contributed by atoms with Crippen LogP contribution in [0.5, 0.6) is 5.75 Å². The van der Waals surface area contributed by atoms with Gasteiger partial charge in [0, 0.05) is 18.7 Å². The maximum Gasteiger partial charge on any atom is 0.323 e. The lowest BCUT2D eigenvalue weighted by atomic mass is 10.0. The lowest BCUT2D eigenvalue weighted by molar-refractivity contribution is -0.384. The Hall–Kier alpha value is -2.93. The maximum atomic E-state index is 12.0. The summed E-state index contributed by atoms with van der Waals surface area (Å²) in [4.78, 5) is 22.2. The first-order valence-corrected chi connectivity index (χ1v) is 7.71. The number of nitrogens with zero attached hydrogens (tertiary/aromatic N) is 1. The van der Waals surface area contributed by atoms with E-state index in [1.165, 1.54) is 19.2 Å². The topological polar surface area (TPSA) is 90.7 Å². The highest BCUT2D eigenvalue weighted by Crippen LogP contribution is 2.15. The molecule has 0 amide bonds. The van der Waals surface area contributed by atoms with Crippen molar-refractivity contribution in [3.05, 3.63) is 69.8 Å². The fraction of sp³-hybridized carbons (Fsp3) is 0.278. The summed E-state index contributed by atoms with van der Waals surface area (Å²) in [6.45, 7) is 0.483. The molecule has 0 aliphatic carbocycles. The summed E-state index contributed by atoms with van der Waals surface area (Å²) in [5.41, 5.74) is 1.83. The predicted molar refractivity (Wildman–Crippen MR) is 92.4 cm³/mol. The predicted octanol–water partition coefficient (Wildman–Crippen LogP) is 2.48. The van der Waals surface area contributed by atoms with E-state index in [0.29, 0.717) is 13.0 Å². The van der Waals surface area contributed by atoms with Crippen LogP contribution in [0.2, 0.25) is 0 Å². The first kappa shape index (κ1) is 18.4. The van der Waals surface area contributed by atoms with Gasteiger partial charge in [0.15, 0.2) is 0 Å². The van der Waals surface area contributed by atoms with Gasteiger partial charge in [0.2, 0.25) is 0 Å². The minimum absolute atomic E-state index is 0.0181. The van der Waals surface area contributed by atoms with Crippen molar-refractivity contribution in [2.24, 2.45) is 0 Å². The molecule has 2 aromatic carbocycles. The Morgan fingerprint density at radius 2 is 1.68 bits per heavy atom. The van der Waals surface area contributed by atoms with Gasteiger partial charge < -0.3 is 14.8 Å². The number of benzene rings is 2. The number of rotatable bonds is 8. The molecule has 0 aromatic heterocycles. The molecule has 1 N–H and O–H groups in total. The lowest BCUT2D eigenvalue weighted by Crippen LogP contribution is -2.39. The van der Waals surface area contributed by atoms with E-state index in [2.05, 4.69) is 5.32 Å². The fourth-order valence-corrected chi connectivity index (χ4v) is 2.35. The molecule has 0 aliphatic rings. The van der Waals surface area contributed by atoms with Gasteiger partial charge in [-0.15, -0.1) is 0 Å². The van der Waals surface area contributed by atoms with Gasteiger partial charge in [-0.25, -0.2) is 0 Å². The van der Waals surface area contributed by atoms with Crippen LogP contribution in [0.15, 0.2) is 48.5 Å². The molecular weight excluding hydrogens is 324 g/mol. The van der Waals surface area contributed by atoms with E-state index in [0.717, 1.165) is 16.9 Å². The van der Waals surface area contributed by atoms with Gasteiger partial charge in [-0.3, -0.25) is 14.9 Å². The van der Waals surface area contributed by atoms with Crippen LogP contribution in [0.1, 0.15) is 11.1 Å². The Labute approximate surface area is 145 Å². The molecule has 1 unspecified atom stereocenters. The molecular formula is C18H20N2O5. The zero-order valence-electron chi connectivity index (χ0n) is 14.1. The molecule has 0 radical (unpaired) electrons. The van der Waals surface area contributed by atoms with Crippen molar-refractivity contribution in [1.29, 1.82) is 0 Å². The van der Waals surface area contributed by atoms with Gasteiger partial charge in [0.05, 0.1) is 19.1 Å². The standard InChI is InChI=1S/C18H20N2O5/c1-24-16-9-5-14(6-10-16)12-19-17(18(21)25-2)11-13-3-7-15(8-4-13)20(22)23/h3-10,17,19H,11-12H2,1-2H3. The molecule has 2 aromatic rings. The number of non-ortho nitro benzene ring substituents is 1. The number of hydrogen-bond acceptors (Lipinski definition) is 6. The van der Waals surface area contributed by atoms with Crippen molar-refractivity contribution in [1.82, 2.24) is 5.32 Å². The number of nitrogens with one attached hydrogen (secondary N) is 1. The van der Waals surface area contributed by atoms with Crippen molar-refractivity contribution in [3.63, 3.8) is 0 Å². The van der Waals surface area contributed by atoms with E-state index < -0.39 is 11.0 Å². The Bertz CT molecular complexity index is 713. The van der Waals surface area contributed by atoms with Crippen molar-refractivity contribution in [3.8, 4) is 5.75 Å². The number of ether oxygens (including phenoxy) is 2. The molecule has 0 spiro atoms. The molecule has 7 nitrogen and oxygen atoms in total. The number of carbonyl (C=O) groups excluding carboxylic acids is 1. The highest BCUT2D eigenvalue weighted by atomic mass is 16.6. The normalized spacial score (nSPS) is 11.6. The first-order chi connectivity index (χ1) is 12.0. The van der Waals surface area contributed by atoms with Crippen LogP contribution in [-0.4, -0.2) is 31.2 Å². The van der Waals surface area contributed by atoms with E-state index in [-0.39, 0.29) is 11.7 Å². The summed E-state index contributed by atoms with van der Waals surface area (Å²) in [6.07, 6.45) is 0.376. The average molecular weight is 344 g/mol. The van der Waals surface area contributed by atoms with Gasteiger partial charge in [-0.1, -0.05) is 24.3 Å². The zero-order valence-corrected chi connectivity index (χ0v) is 14.1. The molecule has 7 heteroatoms. The molecule has 0 saturated carbocycles. The SMILES string of the molecule is COC(=O)C(Cc1ccc([N+](=O)[O-])cc1)NCc1ccc(OC)cc1. The summed E-state index contributed by atoms with van der Waals surface area (Å²) in [5, 5.41) is 13.9. The molecule has 0 saturated heterocycles. The summed E-state index contributed by atoms with van der Waals surface area (Å²) in [7, 11) is 2.94. The van der Waals surface area contributed by atoms with E-state index in [4.69, 9.17) is 9.47 Å². The Morgan fingerprint density at radius 1 is 1.08 bits per heavy atom.